The molecule has 1 aromatic heterocycles. The summed E-state index contributed by atoms with van der Waals surface area (Å²) >= 11 is 0. The van der Waals surface area contributed by atoms with Gasteiger partial charge in [0.25, 0.3) is 0 Å². The van der Waals surface area contributed by atoms with Gasteiger partial charge in [-0.2, -0.15) is 5.10 Å². The lowest BCUT2D eigenvalue weighted by Crippen LogP contribution is -2.29. The molecule has 0 bridgehead atoms. The van der Waals surface area contributed by atoms with Crippen LogP contribution in [0.5, 0.6) is 11.5 Å². The van der Waals surface area contributed by atoms with Crippen molar-refractivity contribution in [3.05, 3.63) is 77.1 Å². The number of hydrogen-bond donors (Lipinski definition) is 0. The number of aryl methyl sites for hydroxylation is 1. The van der Waals surface area contributed by atoms with Gasteiger partial charge in [-0.3, -0.25) is 4.79 Å². The molecule has 0 spiro atoms. The number of hydrogen-bond acceptors (Lipinski definition) is 4. The minimum atomic E-state index is 0.0219. The second-order valence-electron chi connectivity index (χ2n) is 8.26. The van der Waals surface area contributed by atoms with Gasteiger partial charge in [-0.15, -0.1) is 0 Å². The second-order valence-corrected chi connectivity index (χ2v) is 8.26. The molecule has 6 heteroatoms. The molecule has 2 aliphatic rings. The molecule has 1 fully saturated rings. The Labute approximate surface area is 188 Å². The van der Waals surface area contributed by atoms with Crippen molar-refractivity contribution in [2.24, 2.45) is 0 Å². The SMILES string of the molecule is Cc1nn(-c2ccccc2)c(C)c1C=CC(=O)N1CCCC1c1ccc2c(c1)OCCO2. The highest BCUT2D eigenvalue weighted by atomic mass is 16.6. The molecular formula is C26H27N3O3. The minimum Gasteiger partial charge on any atom is -0.486 e. The maximum Gasteiger partial charge on any atom is 0.247 e. The molecule has 3 aromatic rings. The summed E-state index contributed by atoms with van der Waals surface area (Å²) < 4.78 is 13.3. The van der Waals surface area contributed by atoms with Crippen molar-refractivity contribution in [3.8, 4) is 17.2 Å². The molecule has 1 saturated heterocycles. The molecular weight excluding hydrogens is 402 g/mol. The van der Waals surface area contributed by atoms with Crippen molar-refractivity contribution in [3.63, 3.8) is 0 Å². The molecule has 164 valence electrons. The molecule has 3 heterocycles. The summed E-state index contributed by atoms with van der Waals surface area (Å²) in [4.78, 5) is 15.1. The van der Waals surface area contributed by atoms with E-state index in [1.54, 1.807) is 6.08 Å². The number of benzene rings is 2. The zero-order chi connectivity index (χ0) is 22.1. The molecule has 1 atom stereocenters. The van der Waals surface area contributed by atoms with E-state index in [0.29, 0.717) is 13.2 Å². The van der Waals surface area contributed by atoms with Crippen LogP contribution in [-0.4, -0.2) is 40.3 Å². The number of para-hydroxylation sites is 1. The Kier molecular flexibility index (Phi) is 5.43. The largest absolute Gasteiger partial charge is 0.486 e. The van der Waals surface area contributed by atoms with Gasteiger partial charge in [-0.25, -0.2) is 4.68 Å². The predicted molar refractivity (Wildman–Crippen MR) is 123 cm³/mol. The first-order chi connectivity index (χ1) is 15.6. The van der Waals surface area contributed by atoms with Gasteiger partial charge < -0.3 is 14.4 Å². The van der Waals surface area contributed by atoms with Crippen LogP contribution < -0.4 is 9.47 Å². The maximum absolute atomic E-state index is 13.1. The van der Waals surface area contributed by atoms with E-state index < -0.39 is 0 Å². The van der Waals surface area contributed by atoms with Crippen LogP contribution in [0, 0.1) is 13.8 Å². The molecule has 2 aromatic carbocycles. The lowest BCUT2D eigenvalue weighted by atomic mass is 10.0. The van der Waals surface area contributed by atoms with Gasteiger partial charge >= 0.3 is 0 Å². The summed E-state index contributed by atoms with van der Waals surface area (Å²) in [5.74, 6) is 1.56. The van der Waals surface area contributed by atoms with Crippen LogP contribution in [0.3, 0.4) is 0 Å². The van der Waals surface area contributed by atoms with Crippen molar-refractivity contribution in [1.82, 2.24) is 14.7 Å². The van der Waals surface area contributed by atoms with Crippen LogP contribution in [-0.2, 0) is 4.79 Å². The summed E-state index contributed by atoms with van der Waals surface area (Å²) in [5, 5.41) is 4.67. The number of ether oxygens (including phenoxy) is 2. The monoisotopic (exact) mass is 429 g/mol. The van der Waals surface area contributed by atoms with Gasteiger partial charge in [0.2, 0.25) is 5.91 Å². The summed E-state index contributed by atoms with van der Waals surface area (Å²) in [6.45, 7) is 5.89. The van der Waals surface area contributed by atoms with Crippen LogP contribution >= 0.6 is 0 Å². The third-order valence-electron chi connectivity index (χ3n) is 6.23. The van der Waals surface area contributed by atoms with E-state index in [9.17, 15) is 4.79 Å². The maximum atomic E-state index is 13.1. The fraction of sp³-hybridized carbons (Fsp3) is 0.308. The van der Waals surface area contributed by atoms with Crippen molar-refractivity contribution in [2.45, 2.75) is 32.7 Å². The number of fused-ring (bicyclic) bond motifs is 1. The van der Waals surface area contributed by atoms with Gasteiger partial charge in [-0.1, -0.05) is 24.3 Å². The van der Waals surface area contributed by atoms with E-state index in [-0.39, 0.29) is 11.9 Å². The second kappa shape index (κ2) is 8.54. The van der Waals surface area contributed by atoms with E-state index in [4.69, 9.17) is 9.47 Å². The number of carbonyl (C=O) groups is 1. The average molecular weight is 430 g/mol. The summed E-state index contributed by atoms with van der Waals surface area (Å²) in [6, 6.07) is 16.1. The Bertz CT molecular complexity index is 1170. The molecule has 1 amide bonds. The van der Waals surface area contributed by atoms with E-state index in [0.717, 1.165) is 59.1 Å². The number of amides is 1. The van der Waals surface area contributed by atoms with Crippen LogP contribution in [0.4, 0.5) is 0 Å². The van der Waals surface area contributed by atoms with Gasteiger partial charge in [0, 0.05) is 23.9 Å². The third-order valence-corrected chi connectivity index (χ3v) is 6.23. The van der Waals surface area contributed by atoms with Gasteiger partial charge in [0.05, 0.1) is 17.4 Å². The third kappa shape index (κ3) is 3.77. The van der Waals surface area contributed by atoms with Crippen molar-refractivity contribution in [1.29, 1.82) is 0 Å². The molecule has 32 heavy (non-hydrogen) atoms. The molecule has 5 rings (SSSR count). The Morgan fingerprint density at radius 3 is 2.66 bits per heavy atom. The normalized spacial score (nSPS) is 17.8. The van der Waals surface area contributed by atoms with E-state index >= 15 is 0 Å². The number of likely N-dealkylation sites (tertiary alicyclic amines) is 1. The molecule has 1 unspecified atom stereocenters. The summed E-state index contributed by atoms with van der Waals surface area (Å²) in [7, 11) is 0. The van der Waals surface area contributed by atoms with Crippen molar-refractivity contribution < 1.29 is 14.3 Å². The summed E-state index contributed by atoms with van der Waals surface area (Å²) in [5.41, 5.74) is 5.01. The highest BCUT2D eigenvalue weighted by Crippen LogP contribution is 2.38. The lowest BCUT2D eigenvalue weighted by molar-refractivity contribution is -0.126. The van der Waals surface area contributed by atoms with Gasteiger partial charge in [-0.05, 0) is 62.6 Å². The molecule has 6 nitrogen and oxygen atoms in total. The highest BCUT2D eigenvalue weighted by Gasteiger charge is 2.30. The Balaban J connectivity index is 1.36. The first-order valence-electron chi connectivity index (χ1n) is 11.1. The molecule has 0 saturated carbocycles. The molecule has 0 radical (unpaired) electrons. The van der Waals surface area contributed by atoms with E-state index in [2.05, 4.69) is 5.10 Å². The lowest BCUT2D eigenvalue weighted by Gasteiger charge is -2.26. The van der Waals surface area contributed by atoms with Gasteiger partial charge in [0.1, 0.15) is 13.2 Å². The number of rotatable bonds is 4. The zero-order valence-corrected chi connectivity index (χ0v) is 18.5. The van der Waals surface area contributed by atoms with Crippen LogP contribution in [0.2, 0.25) is 0 Å². The highest BCUT2D eigenvalue weighted by molar-refractivity contribution is 5.92. The molecule has 2 aliphatic heterocycles. The first-order valence-corrected chi connectivity index (χ1v) is 11.1. The van der Waals surface area contributed by atoms with E-state index in [1.807, 2.05) is 78.0 Å². The number of carbonyl (C=O) groups excluding carboxylic acids is 1. The van der Waals surface area contributed by atoms with Crippen LogP contribution in [0.15, 0.2) is 54.6 Å². The van der Waals surface area contributed by atoms with Gasteiger partial charge in [0.15, 0.2) is 11.5 Å². The van der Waals surface area contributed by atoms with Crippen molar-refractivity contribution >= 4 is 12.0 Å². The number of nitrogens with zero attached hydrogens (tertiary/aromatic N) is 3. The Morgan fingerprint density at radius 2 is 1.84 bits per heavy atom. The van der Waals surface area contributed by atoms with Crippen LogP contribution in [0.25, 0.3) is 11.8 Å². The van der Waals surface area contributed by atoms with Crippen molar-refractivity contribution in [2.75, 3.05) is 19.8 Å². The minimum absolute atomic E-state index is 0.0219. The Hall–Kier alpha value is -3.54. The summed E-state index contributed by atoms with van der Waals surface area (Å²) in [6.07, 6.45) is 5.52. The molecule has 0 N–H and O–H groups in total. The fourth-order valence-corrected chi connectivity index (χ4v) is 4.61. The Morgan fingerprint density at radius 1 is 1.06 bits per heavy atom. The zero-order valence-electron chi connectivity index (χ0n) is 18.5. The first kappa shape index (κ1) is 20.4. The smallest absolute Gasteiger partial charge is 0.247 e. The number of aromatic nitrogens is 2. The fourth-order valence-electron chi connectivity index (χ4n) is 4.61. The van der Waals surface area contributed by atoms with Crippen LogP contribution in [0.1, 0.15) is 41.4 Å². The van der Waals surface area contributed by atoms with E-state index in [1.165, 1.54) is 0 Å². The quantitative estimate of drug-likeness (QED) is 0.567. The molecule has 0 aliphatic carbocycles. The predicted octanol–water partition coefficient (Wildman–Crippen LogP) is 4.64. The average Bonchev–Trinajstić information content (AvgIpc) is 3.43. The topological polar surface area (TPSA) is 56.6 Å². The standard InChI is InChI=1S/C26H27N3O3/c1-18-22(19(2)29(27-18)21-7-4-3-5-8-21)11-13-26(30)28-14-6-9-23(28)20-10-12-24-25(17-20)32-16-15-31-24/h3-5,7-8,10-13,17,23H,6,9,14-16H2,1-2H3.